The van der Waals surface area contributed by atoms with Crippen LogP contribution in [0.5, 0.6) is 0 Å². The maximum atomic E-state index is 12.7. The van der Waals surface area contributed by atoms with Crippen molar-refractivity contribution in [3.63, 3.8) is 0 Å². The summed E-state index contributed by atoms with van der Waals surface area (Å²) in [4.78, 5) is 0. The van der Waals surface area contributed by atoms with Crippen molar-refractivity contribution in [2.24, 2.45) is 0 Å². The molecule has 0 spiro atoms. The van der Waals surface area contributed by atoms with Crippen LogP contribution in [0.15, 0.2) is 24.3 Å². The first kappa shape index (κ1) is 12.5. The van der Waals surface area contributed by atoms with Crippen LogP contribution in [0.1, 0.15) is 31.2 Å². The van der Waals surface area contributed by atoms with Crippen molar-refractivity contribution in [2.75, 3.05) is 7.11 Å². The average molecular weight is 238 g/mol. The number of ether oxygens (including phenoxy) is 1. The van der Waals surface area contributed by atoms with Crippen LogP contribution in [0.25, 0.3) is 0 Å². The van der Waals surface area contributed by atoms with Crippen molar-refractivity contribution in [1.29, 1.82) is 0 Å². The Bertz CT molecular complexity index is 351. The second-order valence-electron chi connectivity index (χ2n) is 4.93. The molecule has 1 aromatic carbocycles. The average Bonchev–Trinajstić information content (AvgIpc) is 2.27. The zero-order valence-electron chi connectivity index (χ0n) is 10.2. The van der Waals surface area contributed by atoms with Crippen LogP contribution in [0.3, 0.4) is 0 Å². The van der Waals surface area contributed by atoms with E-state index in [9.17, 15) is 9.50 Å². The summed E-state index contributed by atoms with van der Waals surface area (Å²) in [5.41, 5.74) is 0.851. The minimum atomic E-state index is -0.416. The van der Waals surface area contributed by atoms with Gasteiger partial charge in [-0.25, -0.2) is 4.39 Å². The van der Waals surface area contributed by atoms with Crippen LogP contribution in [0, 0.1) is 5.82 Å². The van der Waals surface area contributed by atoms with E-state index >= 15 is 0 Å². The predicted molar refractivity (Wildman–Crippen MR) is 64.3 cm³/mol. The highest BCUT2D eigenvalue weighted by Crippen LogP contribution is 2.39. The fraction of sp³-hybridized carbons (Fsp3) is 0.571. The van der Waals surface area contributed by atoms with Crippen molar-refractivity contribution in [3.05, 3.63) is 35.6 Å². The van der Waals surface area contributed by atoms with Gasteiger partial charge in [0.25, 0.3) is 0 Å². The Morgan fingerprint density at radius 1 is 1.35 bits per heavy atom. The van der Waals surface area contributed by atoms with Crippen LogP contribution in [0.2, 0.25) is 0 Å². The number of hydrogen-bond acceptors (Lipinski definition) is 2. The van der Waals surface area contributed by atoms with E-state index in [1.165, 1.54) is 18.6 Å². The fourth-order valence-electron chi connectivity index (χ4n) is 2.46. The van der Waals surface area contributed by atoms with Gasteiger partial charge >= 0.3 is 0 Å². The molecule has 0 bridgehead atoms. The minimum absolute atomic E-state index is 0.112. The van der Waals surface area contributed by atoms with E-state index in [4.69, 9.17) is 4.74 Å². The van der Waals surface area contributed by atoms with Gasteiger partial charge in [0.1, 0.15) is 5.82 Å². The molecule has 17 heavy (non-hydrogen) atoms. The van der Waals surface area contributed by atoms with Crippen molar-refractivity contribution >= 4 is 0 Å². The maximum absolute atomic E-state index is 12.7. The molecule has 0 amide bonds. The molecule has 2 rings (SSSR count). The third-order valence-corrected chi connectivity index (χ3v) is 3.69. The number of rotatable bonds is 5. The first-order chi connectivity index (χ1) is 8.13. The van der Waals surface area contributed by atoms with E-state index in [1.54, 1.807) is 19.2 Å². The summed E-state index contributed by atoms with van der Waals surface area (Å²) in [6, 6.07) is 6.30. The minimum Gasteiger partial charge on any atom is -0.393 e. The summed E-state index contributed by atoms with van der Waals surface area (Å²) < 4.78 is 18.2. The largest absolute Gasteiger partial charge is 0.393 e. The van der Waals surface area contributed by atoms with E-state index in [0.717, 1.165) is 18.4 Å². The monoisotopic (exact) mass is 238 g/mol. The highest BCUT2D eigenvalue weighted by atomic mass is 19.1. The standard InChI is InChI=1S/C14H19FO2/c1-17-14(7-2-8-14)10-13(16)9-11-3-5-12(15)6-4-11/h3-6,13,16H,2,7-10H2,1H3. The third-order valence-electron chi connectivity index (χ3n) is 3.69. The number of methoxy groups -OCH3 is 1. The Kier molecular flexibility index (Phi) is 3.79. The van der Waals surface area contributed by atoms with E-state index in [2.05, 4.69) is 0 Å². The molecular formula is C14H19FO2. The first-order valence-corrected chi connectivity index (χ1v) is 6.11. The van der Waals surface area contributed by atoms with Crippen LogP contribution in [-0.2, 0) is 11.2 Å². The molecule has 1 atom stereocenters. The lowest BCUT2D eigenvalue weighted by atomic mass is 9.75. The molecule has 1 saturated carbocycles. The van der Waals surface area contributed by atoms with Gasteiger partial charge in [0.05, 0.1) is 11.7 Å². The lowest BCUT2D eigenvalue weighted by Crippen LogP contribution is -2.42. The molecule has 2 nitrogen and oxygen atoms in total. The van der Waals surface area contributed by atoms with E-state index < -0.39 is 6.10 Å². The number of benzene rings is 1. The van der Waals surface area contributed by atoms with Crippen LogP contribution in [-0.4, -0.2) is 23.9 Å². The van der Waals surface area contributed by atoms with E-state index in [0.29, 0.717) is 12.8 Å². The van der Waals surface area contributed by atoms with Gasteiger partial charge in [-0.15, -0.1) is 0 Å². The first-order valence-electron chi connectivity index (χ1n) is 6.11. The van der Waals surface area contributed by atoms with Gasteiger partial charge in [0.2, 0.25) is 0 Å². The number of aliphatic hydroxyl groups excluding tert-OH is 1. The quantitative estimate of drug-likeness (QED) is 0.854. The smallest absolute Gasteiger partial charge is 0.123 e. The topological polar surface area (TPSA) is 29.5 Å². The molecule has 0 heterocycles. The lowest BCUT2D eigenvalue weighted by molar-refractivity contribution is -0.0989. The van der Waals surface area contributed by atoms with E-state index in [1.807, 2.05) is 0 Å². The molecule has 1 aliphatic rings. The Morgan fingerprint density at radius 2 is 2.00 bits per heavy atom. The SMILES string of the molecule is COC1(CC(O)Cc2ccc(F)cc2)CCC1. The van der Waals surface area contributed by atoms with Crippen molar-refractivity contribution < 1.29 is 14.2 Å². The second-order valence-corrected chi connectivity index (χ2v) is 4.93. The van der Waals surface area contributed by atoms with E-state index in [-0.39, 0.29) is 11.4 Å². The molecule has 1 N–H and O–H groups in total. The van der Waals surface area contributed by atoms with Gasteiger partial charge in [0.15, 0.2) is 0 Å². The Balaban J connectivity index is 1.88. The Morgan fingerprint density at radius 3 is 2.47 bits per heavy atom. The highest BCUT2D eigenvalue weighted by molar-refractivity contribution is 5.17. The third kappa shape index (κ3) is 3.05. The number of halogens is 1. The molecule has 1 aromatic rings. The Labute approximate surface area is 101 Å². The van der Waals surface area contributed by atoms with Crippen molar-refractivity contribution in [1.82, 2.24) is 0 Å². The van der Waals surface area contributed by atoms with Gasteiger partial charge in [-0.2, -0.15) is 0 Å². The van der Waals surface area contributed by atoms with Crippen molar-refractivity contribution in [3.8, 4) is 0 Å². The molecule has 1 unspecified atom stereocenters. The van der Waals surface area contributed by atoms with Gasteiger partial charge in [-0.05, 0) is 43.4 Å². The lowest BCUT2D eigenvalue weighted by Gasteiger charge is -2.41. The Hall–Kier alpha value is -0.930. The molecular weight excluding hydrogens is 219 g/mol. The van der Waals surface area contributed by atoms with Crippen molar-refractivity contribution in [2.45, 2.75) is 43.8 Å². The van der Waals surface area contributed by atoms with Crippen LogP contribution >= 0.6 is 0 Å². The summed E-state index contributed by atoms with van der Waals surface area (Å²) >= 11 is 0. The van der Waals surface area contributed by atoms with Crippen LogP contribution < -0.4 is 0 Å². The fourth-order valence-corrected chi connectivity index (χ4v) is 2.46. The summed E-state index contributed by atoms with van der Waals surface area (Å²) in [5.74, 6) is -0.240. The molecule has 0 radical (unpaired) electrons. The molecule has 1 fully saturated rings. The molecule has 0 aromatic heterocycles. The molecule has 3 heteroatoms. The molecule has 1 aliphatic carbocycles. The zero-order chi connectivity index (χ0) is 12.3. The highest BCUT2D eigenvalue weighted by Gasteiger charge is 2.38. The summed E-state index contributed by atoms with van der Waals surface area (Å²) in [5, 5.41) is 10.0. The zero-order valence-corrected chi connectivity index (χ0v) is 10.2. The maximum Gasteiger partial charge on any atom is 0.123 e. The number of aliphatic hydroxyl groups is 1. The molecule has 0 aliphatic heterocycles. The van der Waals surface area contributed by atoms with Gasteiger partial charge < -0.3 is 9.84 Å². The normalized spacial score (nSPS) is 19.7. The summed E-state index contributed by atoms with van der Waals surface area (Å²) in [7, 11) is 1.71. The van der Waals surface area contributed by atoms with Gasteiger partial charge in [-0.1, -0.05) is 12.1 Å². The second kappa shape index (κ2) is 5.15. The molecule has 94 valence electrons. The molecule has 0 saturated heterocycles. The van der Waals surface area contributed by atoms with Crippen LogP contribution in [0.4, 0.5) is 4.39 Å². The summed E-state index contributed by atoms with van der Waals surface area (Å²) in [6.07, 6.45) is 4.05. The predicted octanol–water partition coefficient (Wildman–Crippen LogP) is 2.69. The summed E-state index contributed by atoms with van der Waals surface area (Å²) in [6.45, 7) is 0. The van der Waals surface area contributed by atoms with Gasteiger partial charge in [0, 0.05) is 13.5 Å². The number of hydrogen-bond donors (Lipinski definition) is 1. The van der Waals surface area contributed by atoms with Gasteiger partial charge in [-0.3, -0.25) is 0 Å².